The second-order valence-corrected chi connectivity index (χ2v) is 2.82. The molecule has 0 aromatic heterocycles. The van der Waals surface area contributed by atoms with E-state index >= 15 is 0 Å². The lowest BCUT2D eigenvalue weighted by Crippen LogP contribution is -2.10. The van der Waals surface area contributed by atoms with Crippen molar-refractivity contribution < 1.29 is 14.5 Å². The van der Waals surface area contributed by atoms with Crippen LogP contribution in [-0.4, -0.2) is 16.3 Å². The summed E-state index contributed by atoms with van der Waals surface area (Å²) in [7, 11) is -1.91. The molecule has 0 aliphatic carbocycles. The predicted molar refractivity (Wildman–Crippen MR) is 39.9 cm³/mol. The maximum atomic E-state index is 8.90. The van der Waals surface area contributed by atoms with E-state index in [9.17, 15) is 0 Å². The summed E-state index contributed by atoms with van der Waals surface area (Å²) in [5, 5.41) is 8.90. The Hall–Kier alpha value is 0.270. The molecule has 0 bridgehead atoms. The summed E-state index contributed by atoms with van der Waals surface area (Å²) in [6.07, 6.45) is 1.51. The van der Waals surface area contributed by atoms with Gasteiger partial charge in [0, 0.05) is 0 Å². The zero-order chi connectivity index (χ0) is 7.98. The van der Waals surface area contributed by atoms with Crippen molar-refractivity contribution >= 4 is 8.53 Å². The molecule has 0 saturated heterocycles. The highest BCUT2D eigenvalue weighted by molar-refractivity contribution is 7.43. The Morgan fingerprint density at radius 2 is 2.30 bits per heavy atom. The van der Waals surface area contributed by atoms with E-state index in [1.807, 2.05) is 6.92 Å². The van der Waals surface area contributed by atoms with Crippen molar-refractivity contribution in [2.75, 3.05) is 0 Å². The molecular formula is C5H14NO3P. The highest BCUT2D eigenvalue weighted by atomic mass is 31.2. The Labute approximate surface area is 62.0 Å². The minimum absolute atomic E-state index is 0.535. The van der Waals surface area contributed by atoms with Crippen LogP contribution in [-0.2, 0) is 4.52 Å². The molecule has 62 valence electrons. The highest BCUT2D eigenvalue weighted by Gasteiger charge is 2.06. The Bertz CT molecular complexity index is 81.3. The van der Waals surface area contributed by atoms with E-state index in [2.05, 4.69) is 4.52 Å². The Balaban J connectivity index is 3.16. The van der Waals surface area contributed by atoms with E-state index in [-0.39, 0.29) is 0 Å². The lowest BCUT2D eigenvalue weighted by atomic mass is 10.2. The number of unbranched alkanes of at least 4 members (excludes halogenated alkanes) is 1. The highest BCUT2D eigenvalue weighted by Crippen LogP contribution is 2.23. The summed E-state index contributed by atoms with van der Waals surface area (Å²) in [5.74, 6) is 0. The zero-order valence-electron chi connectivity index (χ0n) is 6.03. The standard InChI is InChI=1S/C5H14NO3P/c1-2-3-4-5(7)9-10(6)8/h5,7-8H,2-4,6H2,1H3. The first-order valence-electron chi connectivity index (χ1n) is 3.25. The number of hydrogen-bond donors (Lipinski definition) is 3. The zero-order valence-corrected chi connectivity index (χ0v) is 6.92. The fraction of sp³-hybridized carbons (Fsp3) is 1.00. The van der Waals surface area contributed by atoms with E-state index in [4.69, 9.17) is 15.5 Å². The van der Waals surface area contributed by atoms with Crippen molar-refractivity contribution in [1.82, 2.24) is 0 Å². The maximum absolute atomic E-state index is 8.90. The summed E-state index contributed by atoms with van der Waals surface area (Å²) in [5.41, 5.74) is 4.90. The topological polar surface area (TPSA) is 75.7 Å². The monoisotopic (exact) mass is 167 g/mol. The molecule has 0 aliphatic heterocycles. The smallest absolute Gasteiger partial charge is 0.252 e. The van der Waals surface area contributed by atoms with E-state index in [0.717, 1.165) is 12.8 Å². The van der Waals surface area contributed by atoms with Crippen LogP contribution >= 0.6 is 8.53 Å². The molecule has 0 heterocycles. The van der Waals surface area contributed by atoms with Crippen molar-refractivity contribution in [1.29, 1.82) is 0 Å². The molecule has 0 aromatic carbocycles. The van der Waals surface area contributed by atoms with Crippen LogP contribution < -0.4 is 5.50 Å². The summed E-state index contributed by atoms with van der Waals surface area (Å²) in [6.45, 7) is 2.01. The van der Waals surface area contributed by atoms with Crippen LogP contribution in [0.4, 0.5) is 0 Å². The van der Waals surface area contributed by atoms with Gasteiger partial charge in [0.1, 0.15) is 0 Å². The van der Waals surface area contributed by atoms with Crippen molar-refractivity contribution in [3.63, 3.8) is 0 Å². The van der Waals surface area contributed by atoms with Crippen LogP contribution in [0.15, 0.2) is 0 Å². The molecule has 0 saturated carbocycles. The van der Waals surface area contributed by atoms with Crippen molar-refractivity contribution in [3.05, 3.63) is 0 Å². The van der Waals surface area contributed by atoms with Gasteiger partial charge in [-0.05, 0) is 12.8 Å². The lowest BCUT2D eigenvalue weighted by Gasteiger charge is -2.11. The van der Waals surface area contributed by atoms with Crippen molar-refractivity contribution in [2.24, 2.45) is 5.50 Å². The molecule has 0 radical (unpaired) electrons. The van der Waals surface area contributed by atoms with Crippen molar-refractivity contribution in [3.8, 4) is 0 Å². The molecule has 0 amide bonds. The molecule has 5 heteroatoms. The molecule has 4 nitrogen and oxygen atoms in total. The fourth-order valence-corrected chi connectivity index (χ4v) is 0.911. The minimum Gasteiger partial charge on any atom is -0.368 e. The first-order valence-corrected chi connectivity index (χ1v) is 4.53. The molecule has 2 atom stereocenters. The van der Waals surface area contributed by atoms with E-state index in [1.165, 1.54) is 0 Å². The van der Waals surface area contributed by atoms with Gasteiger partial charge in [-0.15, -0.1) is 0 Å². The fourth-order valence-electron chi connectivity index (χ4n) is 0.556. The van der Waals surface area contributed by atoms with Crippen LogP contribution in [0.25, 0.3) is 0 Å². The van der Waals surface area contributed by atoms with Gasteiger partial charge in [-0.2, -0.15) is 0 Å². The molecule has 0 spiro atoms. The first-order chi connectivity index (χ1) is 4.66. The summed E-state index contributed by atoms with van der Waals surface area (Å²) in [4.78, 5) is 8.48. The predicted octanol–water partition coefficient (Wildman–Crippen LogP) is 0.690. The van der Waals surface area contributed by atoms with Crippen LogP contribution in [0, 0.1) is 0 Å². The largest absolute Gasteiger partial charge is 0.368 e. The summed E-state index contributed by atoms with van der Waals surface area (Å²) in [6, 6.07) is 0. The number of rotatable bonds is 5. The Kier molecular flexibility index (Phi) is 6.17. The van der Waals surface area contributed by atoms with Gasteiger partial charge in [0.2, 0.25) is 0 Å². The molecule has 4 N–H and O–H groups in total. The van der Waals surface area contributed by atoms with Gasteiger partial charge in [-0.1, -0.05) is 13.3 Å². The van der Waals surface area contributed by atoms with E-state index in [1.54, 1.807) is 0 Å². The molecule has 0 rings (SSSR count). The average Bonchev–Trinajstić information content (AvgIpc) is 1.82. The average molecular weight is 167 g/mol. The van der Waals surface area contributed by atoms with Gasteiger partial charge in [0.15, 0.2) is 6.29 Å². The van der Waals surface area contributed by atoms with Crippen LogP contribution in [0.5, 0.6) is 0 Å². The SMILES string of the molecule is CCCCC(O)OP(N)O. The lowest BCUT2D eigenvalue weighted by molar-refractivity contribution is -0.0226. The molecule has 2 unspecified atom stereocenters. The molecule has 0 aliphatic rings. The van der Waals surface area contributed by atoms with Gasteiger partial charge >= 0.3 is 0 Å². The number of aliphatic hydroxyl groups excluding tert-OH is 1. The first kappa shape index (κ1) is 10.3. The third kappa shape index (κ3) is 6.39. The van der Waals surface area contributed by atoms with E-state index in [0.29, 0.717) is 6.42 Å². The number of aliphatic hydroxyl groups is 1. The van der Waals surface area contributed by atoms with Gasteiger partial charge in [0.05, 0.1) is 0 Å². The van der Waals surface area contributed by atoms with Crippen LogP contribution in [0.1, 0.15) is 26.2 Å². The van der Waals surface area contributed by atoms with Crippen LogP contribution in [0.3, 0.4) is 0 Å². The molecule has 10 heavy (non-hydrogen) atoms. The van der Waals surface area contributed by atoms with Gasteiger partial charge in [0.25, 0.3) is 8.53 Å². The van der Waals surface area contributed by atoms with Crippen molar-refractivity contribution in [2.45, 2.75) is 32.5 Å². The Morgan fingerprint density at radius 3 is 2.70 bits per heavy atom. The third-order valence-electron chi connectivity index (χ3n) is 1.03. The normalized spacial score (nSPS) is 16.8. The molecular weight excluding hydrogens is 153 g/mol. The van der Waals surface area contributed by atoms with E-state index < -0.39 is 14.8 Å². The number of nitrogens with two attached hydrogens (primary N) is 1. The van der Waals surface area contributed by atoms with Gasteiger partial charge in [-0.3, -0.25) is 10.0 Å². The second-order valence-electron chi connectivity index (χ2n) is 2.00. The minimum atomic E-state index is -1.91. The van der Waals surface area contributed by atoms with Crippen LogP contribution in [0.2, 0.25) is 0 Å². The molecule has 0 aromatic rings. The Morgan fingerprint density at radius 1 is 1.70 bits per heavy atom. The summed E-state index contributed by atoms with van der Waals surface area (Å²) >= 11 is 0. The summed E-state index contributed by atoms with van der Waals surface area (Å²) < 4.78 is 4.51. The maximum Gasteiger partial charge on any atom is 0.252 e. The van der Waals surface area contributed by atoms with Gasteiger partial charge in [-0.25, -0.2) is 0 Å². The van der Waals surface area contributed by atoms with Gasteiger partial charge < -0.3 is 10.00 Å². The third-order valence-corrected chi connectivity index (χ3v) is 1.49. The quantitative estimate of drug-likeness (QED) is 0.416. The second kappa shape index (κ2) is 6.01. The molecule has 0 fully saturated rings. The number of hydrogen-bond acceptors (Lipinski definition) is 4.